The molecule has 0 amide bonds. The number of rotatable bonds is 7. The van der Waals surface area contributed by atoms with Gasteiger partial charge in [-0.1, -0.05) is 13.8 Å². The molecule has 1 heterocycles. The van der Waals surface area contributed by atoms with E-state index in [1.54, 1.807) is 7.11 Å². The van der Waals surface area contributed by atoms with Gasteiger partial charge in [-0.05, 0) is 6.92 Å². The summed E-state index contributed by atoms with van der Waals surface area (Å²) in [6.45, 7) is 8.56. The fraction of sp³-hybridized carbons (Fsp3) is 0.692. The van der Waals surface area contributed by atoms with Crippen molar-refractivity contribution in [2.75, 3.05) is 32.2 Å². The van der Waals surface area contributed by atoms with Crippen LogP contribution in [0.15, 0.2) is 6.20 Å². The van der Waals surface area contributed by atoms with Crippen molar-refractivity contribution in [1.82, 2.24) is 15.3 Å². The zero-order chi connectivity index (χ0) is 13.5. The third kappa shape index (κ3) is 4.58. The number of aryl methyl sites for hydroxylation is 1. The van der Waals surface area contributed by atoms with Crippen molar-refractivity contribution >= 4 is 5.95 Å². The van der Waals surface area contributed by atoms with Crippen molar-refractivity contribution in [2.45, 2.75) is 33.4 Å². The average Bonchev–Trinajstić information content (AvgIpc) is 2.34. The first-order valence-corrected chi connectivity index (χ1v) is 6.30. The van der Waals surface area contributed by atoms with Gasteiger partial charge in [-0.3, -0.25) is 0 Å². The Labute approximate surface area is 110 Å². The molecule has 0 bridgehead atoms. The molecule has 0 radical (unpaired) electrons. The quantitative estimate of drug-likeness (QED) is 0.794. The van der Waals surface area contributed by atoms with Gasteiger partial charge in [-0.25, -0.2) is 9.97 Å². The van der Waals surface area contributed by atoms with Gasteiger partial charge in [0.05, 0.1) is 6.61 Å². The monoisotopic (exact) mass is 252 g/mol. The number of nitrogens with zero attached hydrogens (tertiary/aromatic N) is 3. The summed E-state index contributed by atoms with van der Waals surface area (Å²) in [6, 6.07) is 0.466. The molecule has 0 saturated carbocycles. The largest absolute Gasteiger partial charge is 0.383 e. The maximum Gasteiger partial charge on any atom is 0.225 e. The van der Waals surface area contributed by atoms with E-state index in [-0.39, 0.29) is 0 Å². The van der Waals surface area contributed by atoms with Crippen molar-refractivity contribution in [3.8, 4) is 0 Å². The Morgan fingerprint density at radius 1 is 1.44 bits per heavy atom. The number of ether oxygens (including phenoxy) is 1. The normalized spacial score (nSPS) is 11.0. The van der Waals surface area contributed by atoms with Gasteiger partial charge < -0.3 is 15.0 Å². The van der Waals surface area contributed by atoms with Crippen molar-refractivity contribution in [1.29, 1.82) is 0 Å². The Morgan fingerprint density at radius 2 is 2.17 bits per heavy atom. The van der Waals surface area contributed by atoms with Crippen molar-refractivity contribution < 1.29 is 4.74 Å². The SMILES string of the molecule is COCCN(C)c1ncc(CNC(C)C)c(C)n1. The smallest absolute Gasteiger partial charge is 0.225 e. The molecular weight excluding hydrogens is 228 g/mol. The van der Waals surface area contributed by atoms with E-state index < -0.39 is 0 Å². The van der Waals surface area contributed by atoms with Gasteiger partial charge >= 0.3 is 0 Å². The summed E-state index contributed by atoms with van der Waals surface area (Å²) in [5.41, 5.74) is 2.17. The molecule has 0 atom stereocenters. The van der Waals surface area contributed by atoms with Crippen LogP contribution in [0, 0.1) is 6.92 Å². The standard InChI is InChI=1S/C13H24N4O/c1-10(2)14-8-12-9-15-13(16-11(12)3)17(4)6-7-18-5/h9-10,14H,6-8H2,1-5H3. The Bertz CT molecular complexity index is 368. The van der Waals surface area contributed by atoms with Crippen molar-refractivity contribution in [3.05, 3.63) is 17.5 Å². The van der Waals surface area contributed by atoms with Gasteiger partial charge in [-0.2, -0.15) is 0 Å². The highest BCUT2D eigenvalue weighted by atomic mass is 16.5. The second kappa shape index (κ2) is 7.28. The zero-order valence-electron chi connectivity index (χ0n) is 12.0. The molecule has 5 nitrogen and oxygen atoms in total. The van der Waals surface area contributed by atoms with Crippen molar-refractivity contribution in [3.63, 3.8) is 0 Å². The first-order valence-electron chi connectivity index (χ1n) is 6.30. The lowest BCUT2D eigenvalue weighted by Gasteiger charge is -2.18. The van der Waals surface area contributed by atoms with Crippen LogP contribution in [0.4, 0.5) is 5.95 Å². The molecule has 1 N–H and O–H groups in total. The Morgan fingerprint density at radius 3 is 2.72 bits per heavy atom. The fourth-order valence-electron chi connectivity index (χ4n) is 1.48. The van der Waals surface area contributed by atoms with E-state index in [4.69, 9.17) is 4.74 Å². The van der Waals surface area contributed by atoms with Crippen LogP contribution in [0.2, 0.25) is 0 Å². The number of anilines is 1. The second-order valence-electron chi connectivity index (χ2n) is 4.73. The molecule has 1 rings (SSSR count). The van der Waals surface area contributed by atoms with E-state index in [2.05, 4.69) is 29.1 Å². The Hall–Kier alpha value is -1.20. The molecule has 0 unspecified atom stereocenters. The number of nitrogens with one attached hydrogen (secondary N) is 1. The third-order valence-corrected chi connectivity index (χ3v) is 2.74. The van der Waals surface area contributed by atoms with Crippen LogP contribution in [0.5, 0.6) is 0 Å². The number of methoxy groups -OCH3 is 1. The van der Waals surface area contributed by atoms with Gasteiger partial charge in [0.15, 0.2) is 0 Å². The molecule has 102 valence electrons. The zero-order valence-corrected chi connectivity index (χ0v) is 12.0. The van der Waals surface area contributed by atoms with E-state index in [9.17, 15) is 0 Å². The van der Waals surface area contributed by atoms with Crippen LogP contribution in [0.25, 0.3) is 0 Å². The molecule has 0 aromatic carbocycles. The highest BCUT2D eigenvalue weighted by Crippen LogP contribution is 2.10. The number of likely N-dealkylation sites (N-methyl/N-ethyl adjacent to an activating group) is 1. The molecule has 0 saturated heterocycles. The first kappa shape index (κ1) is 14.9. The van der Waals surface area contributed by atoms with E-state index in [1.165, 1.54) is 0 Å². The lowest BCUT2D eigenvalue weighted by atomic mass is 10.2. The molecule has 5 heteroatoms. The predicted octanol–water partition coefficient (Wildman–Crippen LogP) is 1.37. The van der Waals surface area contributed by atoms with Gasteiger partial charge in [-0.15, -0.1) is 0 Å². The fourth-order valence-corrected chi connectivity index (χ4v) is 1.48. The number of hydrogen-bond acceptors (Lipinski definition) is 5. The van der Waals surface area contributed by atoms with Crippen LogP contribution in [0.1, 0.15) is 25.1 Å². The topological polar surface area (TPSA) is 50.3 Å². The molecule has 0 spiro atoms. The van der Waals surface area contributed by atoms with Crippen LogP contribution in [-0.2, 0) is 11.3 Å². The molecule has 0 aliphatic rings. The lowest BCUT2D eigenvalue weighted by molar-refractivity contribution is 0.206. The van der Waals surface area contributed by atoms with Crippen LogP contribution in [-0.4, -0.2) is 43.3 Å². The predicted molar refractivity (Wildman–Crippen MR) is 73.9 cm³/mol. The second-order valence-corrected chi connectivity index (χ2v) is 4.73. The van der Waals surface area contributed by atoms with Crippen LogP contribution < -0.4 is 10.2 Å². The number of hydrogen-bond donors (Lipinski definition) is 1. The maximum atomic E-state index is 5.05. The minimum atomic E-state index is 0.466. The molecule has 1 aromatic rings. The summed E-state index contributed by atoms with van der Waals surface area (Å²) >= 11 is 0. The summed E-state index contributed by atoms with van der Waals surface area (Å²) < 4.78 is 5.05. The molecule has 0 aliphatic heterocycles. The molecule has 1 aromatic heterocycles. The Kier molecular flexibility index (Phi) is 6.01. The van der Waals surface area contributed by atoms with E-state index in [1.807, 2.05) is 25.1 Å². The minimum absolute atomic E-state index is 0.466. The van der Waals surface area contributed by atoms with Crippen molar-refractivity contribution in [2.24, 2.45) is 0 Å². The molecule has 0 fully saturated rings. The van der Waals surface area contributed by atoms with E-state index in [0.717, 1.165) is 30.3 Å². The molecule has 0 aliphatic carbocycles. The minimum Gasteiger partial charge on any atom is -0.383 e. The summed E-state index contributed by atoms with van der Waals surface area (Å²) in [7, 11) is 3.67. The van der Waals surface area contributed by atoms with Crippen LogP contribution in [0.3, 0.4) is 0 Å². The van der Waals surface area contributed by atoms with Gasteiger partial charge in [0, 0.05) is 50.7 Å². The number of aromatic nitrogens is 2. The van der Waals surface area contributed by atoms with Crippen LogP contribution >= 0.6 is 0 Å². The maximum absolute atomic E-state index is 5.05. The lowest BCUT2D eigenvalue weighted by Crippen LogP contribution is -2.26. The Balaban J connectivity index is 2.66. The summed E-state index contributed by atoms with van der Waals surface area (Å²) in [5.74, 6) is 0.748. The summed E-state index contributed by atoms with van der Waals surface area (Å²) in [5, 5.41) is 3.37. The summed E-state index contributed by atoms with van der Waals surface area (Å²) in [4.78, 5) is 10.9. The third-order valence-electron chi connectivity index (χ3n) is 2.74. The van der Waals surface area contributed by atoms with E-state index in [0.29, 0.717) is 12.6 Å². The van der Waals surface area contributed by atoms with Gasteiger partial charge in [0.2, 0.25) is 5.95 Å². The average molecular weight is 252 g/mol. The van der Waals surface area contributed by atoms with E-state index >= 15 is 0 Å². The molecular formula is C13H24N4O. The molecule has 18 heavy (non-hydrogen) atoms. The summed E-state index contributed by atoms with van der Waals surface area (Å²) in [6.07, 6.45) is 1.90. The van der Waals surface area contributed by atoms with Gasteiger partial charge in [0.1, 0.15) is 0 Å². The highest BCUT2D eigenvalue weighted by Gasteiger charge is 2.07. The highest BCUT2D eigenvalue weighted by molar-refractivity contribution is 5.31. The first-order chi connectivity index (χ1) is 8.54. The van der Waals surface area contributed by atoms with Gasteiger partial charge in [0.25, 0.3) is 0 Å².